The van der Waals surface area contributed by atoms with E-state index in [0.717, 1.165) is 34.4 Å². The summed E-state index contributed by atoms with van der Waals surface area (Å²) in [4.78, 5) is 24.4. The molecule has 1 saturated heterocycles. The van der Waals surface area contributed by atoms with Crippen molar-refractivity contribution in [3.8, 4) is 10.7 Å². The van der Waals surface area contributed by atoms with Crippen LogP contribution in [0.25, 0.3) is 10.7 Å². The minimum absolute atomic E-state index is 0.121. The molecule has 0 spiro atoms. The van der Waals surface area contributed by atoms with Gasteiger partial charge >= 0.3 is 0 Å². The van der Waals surface area contributed by atoms with Gasteiger partial charge in [0.05, 0.1) is 11.4 Å². The molecule has 1 aliphatic rings. The minimum atomic E-state index is 0.121. The highest BCUT2D eigenvalue weighted by atomic mass is 32.1. The van der Waals surface area contributed by atoms with Crippen LogP contribution in [-0.2, 0) is 0 Å². The lowest BCUT2D eigenvalue weighted by Crippen LogP contribution is -2.42. The van der Waals surface area contributed by atoms with Crippen LogP contribution < -0.4 is 0 Å². The van der Waals surface area contributed by atoms with Gasteiger partial charge < -0.3 is 4.90 Å². The van der Waals surface area contributed by atoms with Crippen LogP contribution in [0, 0.1) is 18.8 Å². The average Bonchev–Trinajstić information content (AvgIpc) is 2.88. The van der Waals surface area contributed by atoms with Crippen molar-refractivity contribution in [2.24, 2.45) is 11.8 Å². The summed E-state index contributed by atoms with van der Waals surface area (Å²) in [6.45, 7) is 8.04. The molecule has 2 aromatic heterocycles. The Morgan fingerprint density at radius 1 is 1.27 bits per heavy atom. The molecule has 1 amide bonds. The first kappa shape index (κ1) is 15.2. The van der Waals surface area contributed by atoms with Crippen molar-refractivity contribution in [1.29, 1.82) is 0 Å². The second kappa shape index (κ2) is 6.16. The second-order valence-electron chi connectivity index (χ2n) is 6.30. The van der Waals surface area contributed by atoms with E-state index >= 15 is 0 Å². The molecule has 0 N–H and O–H groups in total. The average molecular weight is 315 g/mol. The summed E-state index contributed by atoms with van der Waals surface area (Å²) in [6.07, 6.45) is 2.95. The van der Waals surface area contributed by atoms with E-state index < -0.39 is 0 Å². The number of likely N-dealkylation sites (tertiary alicyclic amines) is 1. The number of nitrogens with zero attached hydrogens (tertiary/aromatic N) is 3. The Hall–Kier alpha value is -1.75. The summed E-state index contributed by atoms with van der Waals surface area (Å²) >= 11 is 1.45. The van der Waals surface area contributed by atoms with Gasteiger partial charge in [0.1, 0.15) is 9.88 Å². The van der Waals surface area contributed by atoms with E-state index in [-0.39, 0.29) is 5.91 Å². The topological polar surface area (TPSA) is 46.1 Å². The number of carbonyl (C=O) groups is 1. The van der Waals surface area contributed by atoms with Crippen molar-refractivity contribution in [3.63, 3.8) is 0 Å². The van der Waals surface area contributed by atoms with Crippen molar-refractivity contribution in [1.82, 2.24) is 14.9 Å². The number of pyridine rings is 1. The normalized spacial score (nSPS) is 21.9. The van der Waals surface area contributed by atoms with Gasteiger partial charge in [-0.15, -0.1) is 11.3 Å². The van der Waals surface area contributed by atoms with Crippen LogP contribution in [0.15, 0.2) is 24.4 Å². The molecule has 116 valence electrons. The van der Waals surface area contributed by atoms with Crippen molar-refractivity contribution in [3.05, 3.63) is 35.0 Å². The highest BCUT2D eigenvalue weighted by molar-refractivity contribution is 7.17. The van der Waals surface area contributed by atoms with Gasteiger partial charge in [0, 0.05) is 19.3 Å². The quantitative estimate of drug-likeness (QED) is 0.850. The summed E-state index contributed by atoms with van der Waals surface area (Å²) in [6, 6.07) is 5.75. The first-order valence-electron chi connectivity index (χ1n) is 7.72. The Kier molecular flexibility index (Phi) is 4.25. The standard InChI is InChI=1S/C17H21N3OS/c1-11-8-12(2)10-20(9-11)17(21)15-13(3)19-16(22-15)14-6-4-5-7-18-14/h4-7,11-12H,8-10H2,1-3H3/t11-,12-/m0/s1. The zero-order valence-electron chi connectivity index (χ0n) is 13.2. The number of piperidine rings is 1. The molecule has 0 saturated carbocycles. The largest absolute Gasteiger partial charge is 0.337 e. The number of aryl methyl sites for hydroxylation is 1. The van der Waals surface area contributed by atoms with E-state index in [9.17, 15) is 4.79 Å². The maximum atomic E-state index is 12.8. The summed E-state index contributed by atoms with van der Waals surface area (Å²) in [5.41, 5.74) is 1.64. The molecule has 4 nitrogen and oxygen atoms in total. The van der Waals surface area contributed by atoms with Crippen LogP contribution in [0.5, 0.6) is 0 Å². The van der Waals surface area contributed by atoms with Crippen molar-refractivity contribution in [2.45, 2.75) is 27.2 Å². The van der Waals surface area contributed by atoms with Crippen molar-refractivity contribution < 1.29 is 4.79 Å². The van der Waals surface area contributed by atoms with E-state index in [2.05, 4.69) is 23.8 Å². The first-order chi connectivity index (χ1) is 10.5. The summed E-state index contributed by atoms with van der Waals surface area (Å²) < 4.78 is 0. The number of carbonyl (C=O) groups excluding carboxylic acids is 1. The van der Waals surface area contributed by atoms with Gasteiger partial charge in [0.15, 0.2) is 0 Å². The SMILES string of the molecule is Cc1nc(-c2ccccn2)sc1C(=O)N1C[C@@H](C)C[C@H](C)C1. The summed E-state index contributed by atoms with van der Waals surface area (Å²) in [7, 11) is 0. The molecule has 3 heterocycles. The third kappa shape index (κ3) is 3.04. The zero-order valence-corrected chi connectivity index (χ0v) is 14.1. The predicted octanol–water partition coefficient (Wildman–Crippen LogP) is 3.63. The Balaban J connectivity index is 1.86. The number of aromatic nitrogens is 2. The summed E-state index contributed by atoms with van der Waals surface area (Å²) in [5.74, 6) is 1.25. The van der Waals surface area contributed by atoms with Crippen LogP contribution in [0.4, 0.5) is 0 Å². The maximum absolute atomic E-state index is 12.8. The van der Waals surface area contributed by atoms with E-state index in [0.29, 0.717) is 11.8 Å². The van der Waals surface area contributed by atoms with E-state index in [1.807, 2.05) is 30.0 Å². The maximum Gasteiger partial charge on any atom is 0.265 e. The van der Waals surface area contributed by atoms with Gasteiger partial charge in [-0.3, -0.25) is 9.78 Å². The lowest BCUT2D eigenvalue weighted by molar-refractivity contribution is 0.0627. The number of amides is 1. The molecule has 22 heavy (non-hydrogen) atoms. The van der Waals surface area contributed by atoms with Gasteiger partial charge in [-0.2, -0.15) is 0 Å². The monoisotopic (exact) mass is 315 g/mol. The smallest absolute Gasteiger partial charge is 0.265 e. The van der Waals surface area contributed by atoms with E-state index in [1.165, 1.54) is 17.8 Å². The molecule has 0 radical (unpaired) electrons. The van der Waals surface area contributed by atoms with Gasteiger partial charge in [-0.05, 0) is 37.3 Å². The number of hydrogen-bond donors (Lipinski definition) is 0. The Bertz CT molecular complexity index is 658. The predicted molar refractivity (Wildman–Crippen MR) is 88.9 cm³/mol. The van der Waals surface area contributed by atoms with Crippen LogP contribution in [0.3, 0.4) is 0 Å². The number of hydrogen-bond acceptors (Lipinski definition) is 4. The van der Waals surface area contributed by atoms with Crippen LogP contribution in [-0.4, -0.2) is 33.9 Å². The lowest BCUT2D eigenvalue weighted by atomic mass is 9.92. The molecule has 3 rings (SSSR count). The van der Waals surface area contributed by atoms with Gasteiger partial charge in [-0.1, -0.05) is 19.9 Å². The van der Waals surface area contributed by atoms with Crippen LogP contribution in [0.1, 0.15) is 35.6 Å². The fourth-order valence-electron chi connectivity index (χ4n) is 3.17. The molecular weight excluding hydrogens is 294 g/mol. The number of thiazole rings is 1. The molecule has 0 aliphatic carbocycles. The highest BCUT2D eigenvalue weighted by Gasteiger charge is 2.28. The molecule has 0 unspecified atom stereocenters. The Labute approximate surface area is 135 Å². The third-order valence-corrected chi connectivity index (χ3v) is 5.20. The van der Waals surface area contributed by atoms with Crippen molar-refractivity contribution >= 4 is 17.2 Å². The highest BCUT2D eigenvalue weighted by Crippen LogP contribution is 2.29. The zero-order chi connectivity index (χ0) is 15.7. The molecule has 1 aliphatic heterocycles. The van der Waals surface area contributed by atoms with Crippen LogP contribution >= 0.6 is 11.3 Å². The summed E-state index contributed by atoms with van der Waals surface area (Å²) in [5, 5.41) is 0.819. The fourth-order valence-corrected chi connectivity index (χ4v) is 4.18. The van der Waals surface area contributed by atoms with E-state index in [4.69, 9.17) is 0 Å². The molecule has 0 aromatic carbocycles. The third-order valence-electron chi connectivity index (χ3n) is 4.03. The van der Waals surface area contributed by atoms with Gasteiger partial charge in [0.2, 0.25) is 0 Å². The second-order valence-corrected chi connectivity index (χ2v) is 7.30. The lowest BCUT2D eigenvalue weighted by Gasteiger charge is -2.34. The van der Waals surface area contributed by atoms with Gasteiger partial charge in [0.25, 0.3) is 5.91 Å². The molecule has 2 atom stereocenters. The van der Waals surface area contributed by atoms with Crippen LogP contribution in [0.2, 0.25) is 0 Å². The molecule has 2 aromatic rings. The van der Waals surface area contributed by atoms with Crippen molar-refractivity contribution in [2.75, 3.05) is 13.1 Å². The molecular formula is C17H21N3OS. The van der Waals surface area contributed by atoms with E-state index in [1.54, 1.807) is 6.20 Å². The molecule has 1 fully saturated rings. The Morgan fingerprint density at radius 2 is 2.00 bits per heavy atom. The Morgan fingerprint density at radius 3 is 2.64 bits per heavy atom. The fraction of sp³-hybridized carbons (Fsp3) is 0.471. The molecule has 0 bridgehead atoms. The minimum Gasteiger partial charge on any atom is -0.337 e. The van der Waals surface area contributed by atoms with Gasteiger partial charge in [-0.25, -0.2) is 4.98 Å². The molecule has 5 heteroatoms. The first-order valence-corrected chi connectivity index (χ1v) is 8.54. The number of rotatable bonds is 2.